The molecule has 1 aliphatic heterocycles. The number of hydrogen-bond donors (Lipinski definition) is 2. The van der Waals surface area contributed by atoms with E-state index in [-0.39, 0.29) is 11.4 Å². The minimum absolute atomic E-state index is 0.122. The van der Waals surface area contributed by atoms with Gasteiger partial charge in [0.2, 0.25) is 10.0 Å². The van der Waals surface area contributed by atoms with Crippen LogP contribution in [0.3, 0.4) is 0 Å². The van der Waals surface area contributed by atoms with E-state index in [1.54, 1.807) is 18.2 Å². The monoisotopic (exact) mass is 299 g/mol. The lowest BCUT2D eigenvalue weighted by atomic mass is 9.80. The highest BCUT2D eigenvalue weighted by molar-refractivity contribution is 7.89. The molecular formula is C13H17NO5S. The molecule has 1 saturated heterocycles. The van der Waals surface area contributed by atoms with Crippen LogP contribution in [0.25, 0.3) is 0 Å². The van der Waals surface area contributed by atoms with Crippen LogP contribution in [0.5, 0.6) is 0 Å². The quantitative estimate of drug-likeness (QED) is 0.840. The topological polar surface area (TPSA) is 92.7 Å². The van der Waals surface area contributed by atoms with Crippen LogP contribution in [0.1, 0.15) is 12.8 Å². The Kier molecular flexibility index (Phi) is 4.42. The maximum atomic E-state index is 12.1. The second-order valence-corrected chi connectivity index (χ2v) is 6.60. The average Bonchev–Trinajstić information content (AvgIpc) is 2.47. The Labute approximate surface area is 117 Å². The molecule has 0 saturated carbocycles. The zero-order chi connectivity index (χ0) is 14.6. The summed E-state index contributed by atoms with van der Waals surface area (Å²) in [5, 5.41) is 9.37. The first-order valence-electron chi connectivity index (χ1n) is 6.32. The third-order valence-corrected chi connectivity index (χ3v) is 4.97. The fourth-order valence-electron chi connectivity index (χ4n) is 2.14. The summed E-state index contributed by atoms with van der Waals surface area (Å²) < 4.78 is 31.8. The molecule has 0 bridgehead atoms. The van der Waals surface area contributed by atoms with Gasteiger partial charge in [-0.25, -0.2) is 13.1 Å². The Morgan fingerprint density at radius 1 is 1.25 bits per heavy atom. The fraction of sp³-hybridized carbons (Fsp3) is 0.462. The Morgan fingerprint density at radius 3 is 2.40 bits per heavy atom. The van der Waals surface area contributed by atoms with E-state index in [0.29, 0.717) is 26.1 Å². The van der Waals surface area contributed by atoms with Gasteiger partial charge in [0, 0.05) is 19.8 Å². The van der Waals surface area contributed by atoms with Gasteiger partial charge in [-0.05, 0) is 25.0 Å². The van der Waals surface area contributed by atoms with Crippen molar-refractivity contribution in [3.8, 4) is 0 Å². The van der Waals surface area contributed by atoms with Crippen molar-refractivity contribution in [3.05, 3.63) is 30.3 Å². The van der Waals surface area contributed by atoms with Gasteiger partial charge in [0.15, 0.2) is 0 Å². The molecule has 0 aromatic heterocycles. The number of nitrogens with one attached hydrogen (secondary N) is 1. The molecule has 1 fully saturated rings. The minimum Gasteiger partial charge on any atom is -0.481 e. The molecule has 0 radical (unpaired) electrons. The molecule has 0 unspecified atom stereocenters. The second-order valence-electron chi connectivity index (χ2n) is 4.84. The molecule has 2 rings (SSSR count). The largest absolute Gasteiger partial charge is 0.481 e. The summed E-state index contributed by atoms with van der Waals surface area (Å²) >= 11 is 0. The van der Waals surface area contributed by atoms with Crippen LogP contribution in [-0.2, 0) is 19.6 Å². The predicted molar refractivity (Wildman–Crippen MR) is 71.8 cm³/mol. The maximum Gasteiger partial charge on any atom is 0.311 e. The first-order valence-corrected chi connectivity index (χ1v) is 7.80. The van der Waals surface area contributed by atoms with Gasteiger partial charge in [-0.15, -0.1) is 0 Å². The van der Waals surface area contributed by atoms with Gasteiger partial charge in [-0.1, -0.05) is 18.2 Å². The highest BCUT2D eigenvalue weighted by atomic mass is 32.2. The second kappa shape index (κ2) is 5.90. The Hall–Kier alpha value is -1.44. The minimum atomic E-state index is -3.69. The molecule has 2 N–H and O–H groups in total. The first-order chi connectivity index (χ1) is 9.46. The van der Waals surface area contributed by atoms with Crippen molar-refractivity contribution in [2.75, 3.05) is 19.8 Å². The number of sulfonamides is 1. The molecular weight excluding hydrogens is 282 g/mol. The van der Waals surface area contributed by atoms with E-state index in [0.717, 1.165) is 0 Å². The third-order valence-electron chi connectivity index (χ3n) is 3.56. The molecule has 110 valence electrons. The van der Waals surface area contributed by atoms with Crippen molar-refractivity contribution in [2.24, 2.45) is 5.41 Å². The molecule has 0 amide bonds. The van der Waals surface area contributed by atoms with Gasteiger partial charge >= 0.3 is 5.97 Å². The number of hydrogen-bond acceptors (Lipinski definition) is 4. The van der Waals surface area contributed by atoms with Gasteiger partial charge in [-0.3, -0.25) is 4.79 Å². The zero-order valence-electron chi connectivity index (χ0n) is 10.9. The molecule has 1 aromatic rings. The number of benzene rings is 1. The smallest absolute Gasteiger partial charge is 0.311 e. The summed E-state index contributed by atoms with van der Waals surface area (Å²) in [5.41, 5.74) is -1.08. The number of carboxylic acid groups (broad SMARTS) is 1. The Morgan fingerprint density at radius 2 is 1.85 bits per heavy atom. The van der Waals surface area contributed by atoms with E-state index in [1.807, 2.05) is 0 Å². The zero-order valence-corrected chi connectivity index (χ0v) is 11.7. The van der Waals surface area contributed by atoms with Crippen LogP contribution < -0.4 is 4.72 Å². The molecule has 0 spiro atoms. The number of carboxylic acids is 1. The number of aliphatic carboxylic acids is 1. The van der Waals surface area contributed by atoms with Crippen LogP contribution in [0, 0.1) is 5.41 Å². The highest BCUT2D eigenvalue weighted by Crippen LogP contribution is 2.30. The Balaban J connectivity index is 2.12. The summed E-state index contributed by atoms with van der Waals surface area (Å²) in [5.74, 6) is -0.989. The number of rotatable bonds is 5. The lowest BCUT2D eigenvalue weighted by molar-refractivity contribution is -0.154. The van der Waals surface area contributed by atoms with Crippen molar-refractivity contribution >= 4 is 16.0 Å². The molecule has 1 aliphatic rings. The summed E-state index contributed by atoms with van der Waals surface area (Å²) in [6.07, 6.45) is 0.610. The van der Waals surface area contributed by atoms with Crippen LogP contribution in [0.2, 0.25) is 0 Å². The summed E-state index contributed by atoms with van der Waals surface area (Å²) in [6, 6.07) is 7.90. The molecule has 6 nitrogen and oxygen atoms in total. The number of carbonyl (C=O) groups is 1. The molecule has 1 aromatic carbocycles. The van der Waals surface area contributed by atoms with Gasteiger partial charge in [0.1, 0.15) is 0 Å². The van der Waals surface area contributed by atoms with E-state index < -0.39 is 21.4 Å². The van der Waals surface area contributed by atoms with E-state index in [2.05, 4.69) is 4.72 Å². The normalized spacial score (nSPS) is 18.6. The van der Waals surface area contributed by atoms with Crippen LogP contribution >= 0.6 is 0 Å². The van der Waals surface area contributed by atoms with E-state index in [9.17, 15) is 18.3 Å². The van der Waals surface area contributed by atoms with E-state index >= 15 is 0 Å². The lowest BCUT2D eigenvalue weighted by Gasteiger charge is -2.33. The number of ether oxygens (including phenoxy) is 1. The Bertz CT molecular complexity index is 564. The van der Waals surface area contributed by atoms with Gasteiger partial charge in [0.25, 0.3) is 0 Å². The van der Waals surface area contributed by atoms with Crippen molar-refractivity contribution in [2.45, 2.75) is 17.7 Å². The summed E-state index contributed by atoms with van der Waals surface area (Å²) in [7, 11) is -3.69. The fourth-order valence-corrected chi connectivity index (χ4v) is 3.29. The van der Waals surface area contributed by atoms with Gasteiger partial charge in [-0.2, -0.15) is 0 Å². The van der Waals surface area contributed by atoms with Gasteiger partial charge < -0.3 is 9.84 Å². The van der Waals surface area contributed by atoms with Crippen molar-refractivity contribution < 1.29 is 23.1 Å². The molecule has 20 heavy (non-hydrogen) atoms. The van der Waals surface area contributed by atoms with Crippen molar-refractivity contribution in [1.29, 1.82) is 0 Å². The van der Waals surface area contributed by atoms with E-state index in [1.165, 1.54) is 12.1 Å². The standard InChI is InChI=1S/C13H17NO5S/c15-12(16)13(6-8-19-9-7-13)10-14-20(17,18)11-4-2-1-3-5-11/h1-5,14H,6-10H2,(H,15,16). The lowest BCUT2D eigenvalue weighted by Crippen LogP contribution is -2.46. The summed E-state index contributed by atoms with van der Waals surface area (Å²) in [4.78, 5) is 11.6. The van der Waals surface area contributed by atoms with Crippen molar-refractivity contribution in [1.82, 2.24) is 4.72 Å². The van der Waals surface area contributed by atoms with Gasteiger partial charge in [0.05, 0.1) is 10.3 Å². The first kappa shape index (κ1) is 15.0. The average molecular weight is 299 g/mol. The molecule has 7 heteroatoms. The highest BCUT2D eigenvalue weighted by Gasteiger charge is 2.41. The molecule has 0 aliphatic carbocycles. The predicted octanol–water partition coefficient (Wildman–Crippen LogP) is 0.846. The van der Waals surface area contributed by atoms with Crippen LogP contribution in [-0.4, -0.2) is 39.3 Å². The van der Waals surface area contributed by atoms with Crippen LogP contribution in [0.15, 0.2) is 35.2 Å². The SMILES string of the molecule is O=C(O)C1(CNS(=O)(=O)c2ccccc2)CCOCC1. The third kappa shape index (κ3) is 3.17. The maximum absolute atomic E-state index is 12.1. The van der Waals surface area contributed by atoms with Crippen LogP contribution in [0.4, 0.5) is 0 Å². The van der Waals surface area contributed by atoms with Crippen molar-refractivity contribution in [3.63, 3.8) is 0 Å². The molecule has 0 atom stereocenters. The summed E-state index contributed by atoms with van der Waals surface area (Å²) in [6.45, 7) is 0.543. The molecule has 1 heterocycles. The van der Waals surface area contributed by atoms with E-state index in [4.69, 9.17) is 4.74 Å².